The van der Waals surface area contributed by atoms with E-state index >= 15 is 0 Å². The molecule has 4 rings (SSSR count). The van der Waals surface area contributed by atoms with Crippen molar-refractivity contribution in [2.24, 2.45) is 0 Å². The molecule has 1 unspecified atom stereocenters. The van der Waals surface area contributed by atoms with E-state index in [4.69, 9.17) is 9.47 Å². The minimum Gasteiger partial charge on any atom is -0.497 e. The summed E-state index contributed by atoms with van der Waals surface area (Å²) in [5.74, 6) is 0.760. The third-order valence-electron chi connectivity index (χ3n) is 5.09. The molecule has 6 heteroatoms. The molecule has 0 spiro atoms. The van der Waals surface area contributed by atoms with E-state index in [-0.39, 0.29) is 11.9 Å². The number of fused-ring (bicyclic) bond motifs is 1. The Labute approximate surface area is 164 Å². The number of benzene rings is 2. The lowest BCUT2D eigenvalue weighted by molar-refractivity contribution is 0.0723. The molecule has 3 aromatic rings. The normalized spacial score (nSPS) is 15.7. The Morgan fingerprint density at radius 1 is 1.07 bits per heavy atom. The summed E-state index contributed by atoms with van der Waals surface area (Å²) in [5, 5.41) is 7.46. The van der Waals surface area contributed by atoms with Crippen molar-refractivity contribution in [3.05, 3.63) is 71.4 Å². The highest BCUT2D eigenvalue weighted by Gasteiger charge is 2.41. The van der Waals surface area contributed by atoms with Crippen molar-refractivity contribution in [3.63, 3.8) is 0 Å². The number of aromatic amines is 1. The third-order valence-corrected chi connectivity index (χ3v) is 5.09. The fourth-order valence-corrected chi connectivity index (χ4v) is 3.76. The number of nitrogens with zero attached hydrogens (tertiary/aromatic N) is 2. The summed E-state index contributed by atoms with van der Waals surface area (Å²) in [7, 11) is 3.32. The highest BCUT2D eigenvalue weighted by Crippen LogP contribution is 2.42. The summed E-state index contributed by atoms with van der Waals surface area (Å²) < 4.78 is 10.5. The first kappa shape index (κ1) is 18.3. The summed E-state index contributed by atoms with van der Waals surface area (Å²) >= 11 is 0. The van der Waals surface area contributed by atoms with Crippen LogP contribution in [0.4, 0.5) is 0 Å². The molecule has 0 radical (unpaired) electrons. The molecular weight excluding hydrogens is 354 g/mol. The van der Waals surface area contributed by atoms with Crippen LogP contribution in [-0.4, -0.2) is 48.4 Å². The van der Waals surface area contributed by atoms with Crippen LogP contribution in [0.1, 0.15) is 34.1 Å². The van der Waals surface area contributed by atoms with Crippen LogP contribution in [0.5, 0.6) is 5.75 Å². The fraction of sp³-hybridized carbons (Fsp3) is 0.273. The van der Waals surface area contributed by atoms with E-state index in [1.165, 1.54) is 0 Å². The molecule has 1 aromatic heterocycles. The minimum absolute atomic E-state index is 0.0263. The molecule has 6 nitrogen and oxygen atoms in total. The lowest BCUT2D eigenvalue weighted by Gasteiger charge is -2.26. The zero-order valence-corrected chi connectivity index (χ0v) is 16.0. The van der Waals surface area contributed by atoms with Crippen LogP contribution in [-0.2, 0) is 4.74 Å². The van der Waals surface area contributed by atoms with Crippen molar-refractivity contribution in [1.29, 1.82) is 0 Å². The Morgan fingerprint density at radius 3 is 2.50 bits per heavy atom. The zero-order valence-electron chi connectivity index (χ0n) is 16.0. The predicted molar refractivity (Wildman–Crippen MR) is 106 cm³/mol. The highest BCUT2D eigenvalue weighted by atomic mass is 16.5. The molecular formula is C22H23N3O3. The van der Waals surface area contributed by atoms with Gasteiger partial charge >= 0.3 is 0 Å². The first-order valence-electron chi connectivity index (χ1n) is 9.32. The molecule has 1 aliphatic heterocycles. The van der Waals surface area contributed by atoms with E-state index in [0.717, 1.165) is 34.6 Å². The molecule has 2 heterocycles. The van der Waals surface area contributed by atoms with Gasteiger partial charge in [0.05, 0.1) is 18.8 Å². The van der Waals surface area contributed by atoms with Crippen LogP contribution in [0.15, 0.2) is 54.6 Å². The number of amides is 1. The van der Waals surface area contributed by atoms with Gasteiger partial charge in [0.15, 0.2) is 0 Å². The van der Waals surface area contributed by atoms with Gasteiger partial charge in [0.2, 0.25) is 0 Å². The average Bonchev–Trinajstić information content (AvgIpc) is 3.28. The first-order chi connectivity index (χ1) is 13.7. The van der Waals surface area contributed by atoms with Crippen molar-refractivity contribution >= 4 is 5.91 Å². The summed E-state index contributed by atoms with van der Waals surface area (Å²) in [6.07, 6.45) is 0.771. The number of carbonyl (C=O) groups is 1. The highest BCUT2D eigenvalue weighted by molar-refractivity contribution is 6.00. The van der Waals surface area contributed by atoms with Gasteiger partial charge in [0.1, 0.15) is 11.4 Å². The fourth-order valence-electron chi connectivity index (χ4n) is 3.76. The van der Waals surface area contributed by atoms with E-state index in [2.05, 4.69) is 10.2 Å². The molecule has 0 saturated heterocycles. The summed E-state index contributed by atoms with van der Waals surface area (Å²) in [4.78, 5) is 15.0. The Balaban J connectivity index is 1.79. The molecule has 1 amide bonds. The lowest BCUT2D eigenvalue weighted by atomic mass is 9.96. The number of ether oxygens (including phenoxy) is 2. The van der Waals surface area contributed by atoms with Gasteiger partial charge in [-0.1, -0.05) is 42.5 Å². The minimum atomic E-state index is -0.195. The Hall–Kier alpha value is -3.12. The molecule has 144 valence electrons. The molecule has 1 aliphatic rings. The van der Waals surface area contributed by atoms with Gasteiger partial charge in [-0.15, -0.1) is 0 Å². The van der Waals surface area contributed by atoms with Crippen molar-refractivity contribution in [1.82, 2.24) is 15.1 Å². The van der Waals surface area contributed by atoms with Crippen LogP contribution in [0.25, 0.3) is 11.3 Å². The van der Waals surface area contributed by atoms with Crippen molar-refractivity contribution in [2.75, 3.05) is 27.4 Å². The molecule has 1 N–H and O–H groups in total. The van der Waals surface area contributed by atoms with Gasteiger partial charge < -0.3 is 14.4 Å². The Bertz CT molecular complexity index is 951. The quantitative estimate of drug-likeness (QED) is 0.638. The van der Waals surface area contributed by atoms with Gasteiger partial charge in [-0.25, -0.2) is 0 Å². The molecule has 1 atom stereocenters. The molecule has 0 fully saturated rings. The number of hydrogen-bond acceptors (Lipinski definition) is 4. The van der Waals surface area contributed by atoms with Gasteiger partial charge in [-0.3, -0.25) is 9.89 Å². The largest absolute Gasteiger partial charge is 0.497 e. The monoisotopic (exact) mass is 377 g/mol. The second kappa shape index (κ2) is 7.86. The van der Waals surface area contributed by atoms with Crippen molar-refractivity contribution < 1.29 is 14.3 Å². The predicted octanol–water partition coefficient (Wildman–Crippen LogP) is 3.67. The standard InChI is InChI=1S/C22H23N3O3/c1-27-14-6-13-25-21(16-9-11-17(28-2)12-10-16)18-19(15-7-4-3-5-8-15)23-24-20(18)22(25)26/h3-5,7-12,21H,6,13-14H2,1-2H3,(H,23,24). The van der Waals surface area contributed by atoms with Crippen LogP contribution in [0, 0.1) is 0 Å². The van der Waals surface area contributed by atoms with Gasteiger partial charge in [0.25, 0.3) is 5.91 Å². The Kier molecular flexibility index (Phi) is 5.12. The smallest absolute Gasteiger partial charge is 0.273 e. The number of rotatable bonds is 7. The number of methoxy groups -OCH3 is 2. The number of aromatic nitrogens is 2. The van der Waals surface area contributed by atoms with Crippen molar-refractivity contribution in [3.8, 4) is 17.0 Å². The number of H-pyrrole nitrogens is 1. The van der Waals surface area contributed by atoms with Crippen molar-refractivity contribution in [2.45, 2.75) is 12.5 Å². The average molecular weight is 377 g/mol. The molecule has 2 aromatic carbocycles. The van der Waals surface area contributed by atoms with Crippen LogP contribution in [0.2, 0.25) is 0 Å². The number of carbonyl (C=O) groups excluding carboxylic acids is 1. The second-order valence-corrected chi connectivity index (χ2v) is 6.75. The van der Waals surface area contributed by atoms with Crippen LogP contribution < -0.4 is 4.74 Å². The van der Waals surface area contributed by atoms with E-state index in [1.807, 2.05) is 59.5 Å². The Morgan fingerprint density at radius 2 is 1.82 bits per heavy atom. The van der Waals surface area contributed by atoms with E-state index < -0.39 is 0 Å². The SMILES string of the molecule is COCCCN1C(=O)c2[nH]nc(-c3ccccc3)c2C1c1ccc(OC)cc1. The van der Waals surface area contributed by atoms with Crippen LogP contribution >= 0.6 is 0 Å². The maximum atomic E-state index is 13.1. The maximum Gasteiger partial charge on any atom is 0.273 e. The third kappa shape index (κ3) is 3.16. The second-order valence-electron chi connectivity index (χ2n) is 6.75. The van der Waals surface area contributed by atoms with E-state index in [1.54, 1.807) is 14.2 Å². The zero-order chi connectivity index (χ0) is 19.5. The van der Waals surface area contributed by atoms with Gasteiger partial charge in [-0.2, -0.15) is 5.10 Å². The molecule has 0 bridgehead atoms. The topological polar surface area (TPSA) is 67.5 Å². The number of hydrogen-bond donors (Lipinski definition) is 1. The number of nitrogens with one attached hydrogen (secondary N) is 1. The van der Waals surface area contributed by atoms with E-state index in [0.29, 0.717) is 18.8 Å². The van der Waals surface area contributed by atoms with E-state index in [9.17, 15) is 4.79 Å². The molecule has 0 aliphatic carbocycles. The lowest BCUT2D eigenvalue weighted by Crippen LogP contribution is -2.31. The maximum absolute atomic E-state index is 13.1. The summed E-state index contributed by atoms with van der Waals surface area (Å²) in [6.45, 7) is 1.22. The summed E-state index contributed by atoms with van der Waals surface area (Å²) in [6, 6.07) is 17.6. The summed E-state index contributed by atoms with van der Waals surface area (Å²) in [5.41, 5.74) is 4.34. The van der Waals surface area contributed by atoms with Gasteiger partial charge in [0, 0.05) is 31.4 Å². The molecule has 0 saturated carbocycles. The van der Waals surface area contributed by atoms with Gasteiger partial charge in [-0.05, 0) is 24.1 Å². The molecule has 28 heavy (non-hydrogen) atoms. The first-order valence-corrected chi connectivity index (χ1v) is 9.32. The van der Waals surface area contributed by atoms with Crippen LogP contribution in [0.3, 0.4) is 0 Å².